The van der Waals surface area contributed by atoms with Gasteiger partial charge in [-0.25, -0.2) is 0 Å². The molecular formula is C25H30N2O2. The van der Waals surface area contributed by atoms with Gasteiger partial charge in [-0.1, -0.05) is 50.2 Å². The predicted octanol–water partition coefficient (Wildman–Crippen LogP) is 3.36. The summed E-state index contributed by atoms with van der Waals surface area (Å²) in [6.45, 7) is 6.67. The molecule has 5 rings (SSSR count). The zero-order chi connectivity index (χ0) is 20.4. The van der Waals surface area contributed by atoms with E-state index in [0.29, 0.717) is 23.6 Å². The fourth-order valence-electron chi connectivity index (χ4n) is 6.29. The Kier molecular flexibility index (Phi) is 4.08. The maximum Gasteiger partial charge on any atom is 0.228 e. The third-order valence-electron chi connectivity index (χ3n) is 8.40. The Labute approximate surface area is 172 Å². The van der Waals surface area contributed by atoms with Crippen LogP contribution < -0.4 is 5.73 Å². The molecule has 0 spiro atoms. The van der Waals surface area contributed by atoms with E-state index in [0.717, 1.165) is 37.9 Å². The number of hydrogen-bond donors (Lipinski definition) is 2. The maximum absolute atomic E-state index is 12.4. The maximum atomic E-state index is 12.4. The molecular weight excluding hydrogens is 360 g/mol. The Morgan fingerprint density at radius 1 is 1.24 bits per heavy atom. The van der Waals surface area contributed by atoms with E-state index in [9.17, 15) is 9.90 Å². The van der Waals surface area contributed by atoms with Crippen molar-refractivity contribution in [3.8, 4) is 5.75 Å². The van der Waals surface area contributed by atoms with Crippen molar-refractivity contribution in [1.82, 2.24) is 4.90 Å². The second-order valence-electron chi connectivity index (χ2n) is 9.67. The van der Waals surface area contributed by atoms with Gasteiger partial charge in [-0.15, -0.1) is 0 Å². The van der Waals surface area contributed by atoms with Gasteiger partial charge < -0.3 is 10.8 Å². The summed E-state index contributed by atoms with van der Waals surface area (Å²) in [6, 6.07) is 16.4. The minimum absolute atomic E-state index is 0.0945. The summed E-state index contributed by atoms with van der Waals surface area (Å²) >= 11 is 0. The number of primary amides is 1. The fraction of sp³-hybridized carbons (Fsp3) is 0.480. The Morgan fingerprint density at radius 3 is 2.72 bits per heavy atom. The standard InChI is InChI=1S/C25H30N2O2/c1-16-22-12-17-8-9-20(28)13-21(17)24(16,2)10-11-27(22)15-19-14-25(19,23(26)29)18-6-4-3-5-7-18/h3-9,13,16,19,22,28H,10-12,14-15H2,1-2H3,(H2,26,29)/t16-,19-,22+,24+,25+/m0/s1. The summed E-state index contributed by atoms with van der Waals surface area (Å²) in [7, 11) is 0. The van der Waals surface area contributed by atoms with Gasteiger partial charge in [0.1, 0.15) is 5.75 Å². The van der Waals surface area contributed by atoms with Gasteiger partial charge in [0, 0.05) is 12.6 Å². The molecule has 29 heavy (non-hydrogen) atoms. The Bertz CT molecular complexity index is 959. The minimum Gasteiger partial charge on any atom is -0.508 e. The molecule has 1 amide bonds. The zero-order valence-electron chi connectivity index (χ0n) is 17.3. The van der Waals surface area contributed by atoms with Crippen molar-refractivity contribution in [2.24, 2.45) is 17.6 Å². The molecule has 4 nitrogen and oxygen atoms in total. The SMILES string of the molecule is C[C@H]1[C@H]2Cc3ccc(O)cc3[C@]1(C)CCN2C[C@@H]1C[C@@]1(C(N)=O)c1ccccc1. The molecule has 5 atom stereocenters. The molecule has 2 aromatic rings. The number of nitrogens with two attached hydrogens (primary N) is 1. The van der Waals surface area contributed by atoms with Crippen molar-refractivity contribution < 1.29 is 9.90 Å². The summed E-state index contributed by atoms with van der Waals surface area (Å²) < 4.78 is 0. The van der Waals surface area contributed by atoms with E-state index in [-0.39, 0.29) is 11.3 Å². The van der Waals surface area contributed by atoms with Crippen LogP contribution >= 0.6 is 0 Å². The number of nitrogens with zero attached hydrogens (tertiary/aromatic N) is 1. The van der Waals surface area contributed by atoms with Crippen molar-refractivity contribution in [1.29, 1.82) is 0 Å². The summed E-state index contributed by atoms with van der Waals surface area (Å²) in [5.74, 6) is 0.974. The van der Waals surface area contributed by atoms with E-state index < -0.39 is 5.41 Å². The first-order valence-electron chi connectivity index (χ1n) is 10.8. The molecule has 1 saturated carbocycles. The number of benzene rings is 2. The average molecular weight is 391 g/mol. The largest absolute Gasteiger partial charge is 0.508 e. The third-order valence-corrected chi connectivity index (χ3v) is 8.40. The Morgan fingerprint density at radius 2 is 2.00 bits per heavy atom. The van der Waals surface area contributed by atoms with Crippen LogP contribution in [0.25, 0.3) is 0 Å². The van der Waals surface area contributed by atoms with Gasteiger partial charge in [0.25, 0.3) is 0 Å². The monoisotopic (exact) mass is 390 g/mol. The molecule has 2 bridgehead atoms. The molecule has 3 aliphatic rings. The minimum atomic E-state index is -0.496. The van der Waals surface area contributed by atoms with Crippen LogP contribution in [0.2, 0.25) is 0 Å². The first-order chi connectivity index (χ1) is 13.9. The van der Waals surface area contributed by atoms with E-state index in [1.165, 1.54) is 11.1 Å². The topological polar surface area (TPSA) is 66.6 Å². The second kappa shape index (κ2) is 6.33. The summed E-state index contributed by atoms with van der Waals surface area (Å²) in [5.41, 5.74) is 9.25. The highest BCUT2D eigenvalue weighted by Crippen LogP contribution is 2.56. The molecule has 0 aromatic heterocycles. The van der Waals surface area contributed by atoms with Gasteiger partial charge in [-0.05, 0) is 71.9 Å². The van der Waals surface area contributed by atoms with Crippen LogP contribution in [-0.2, 0) is 22.0 Å². The number of rotatable bonds is 4. The molecule has 1 aliphatic heterocycles. The lowest BCUT2D eigenvalue weighted by Crippen LogP contribution is -2.58. The van der Waals surface area contributed by atoms with Crippen molar-refractivity contribution in [2.75, 3.05) is 13.1 Å². The van der Waals surface area contributed by atoms with E-state index in [1.807, 2.05) is 42.5 Å². The smallest absolute Gasteiger partial charge is 0.228 e. The fourth-order valence-corrected chi connectivity index (χ4v) is 6.29. The normalized spacial score (nSPS) is 35.7. The van der Waals surface area contributed by atoms with Crippen LogP contribution in [0, 0.1) is 11.8 Å². The van der Waals surface area contributed by atoms with Crippen molar-refractivity contribution >= 4 is 5.91 Å². The highest BCUT2D eigenvalue weighted by atomic mass is 16.3. The van der Waals surface area contributed by atoms with Gasteiger partial charge >= 0.3 is 0 Å². The molecule has 2 aliphatic carbocycles. The molecule has 2 aromatic carbocycles. The molecule has 3 N–H and O–H groups in total. The van der Waals surface area contributed by atoms with E-state index in [4.69, 9.17) is 5.73 Å². The lowest BCUT2D eigenvalue weighted by Gasteiger charge is -2.55. The first kappa shape index (κ1) is 18.7. The summed E-state index contributed by atoms with van der Waals surface area (Å²) in [6.07, 6.45) is 2.93. The van der Waals surface area contributed by atoms with Gasteiger partial charge in [0.15, 0.2) is 0 Å². The van der Waals surface area contributed by atoms with E-state index >= 15 is 0 Å². The van der Waals surface area contributed by atoms with Gasteiger partial charge in [0.2, 0.25) is 5.91 Å². The van der Waals surface area contributed by atoms with Crippen LogP contribution in [-0.4, -0.2) is 35.0 Å². The van der Waals surface area contributed by atoms with Crippen LogP contribution in [0.5, 0.6) is 5.75 Å². The lowest BCUT2D eigenvalue weighted by atomic mass is 9.59. The second-order valence-corrected chi connectivity index (χ2v) is 9.67. The number of piperidine rings is 1. The molecule has 0 radical (unpaired) electrons. The number of phenols is 1. The Balaban J connectivity index is 1.41. The van der Waals surface area contributed by atoms with Crippen molar-refractivity contribution in [3.63, 3.8) is 0 Å². The summed E-state index contributed by atoms with van der Waals surface area (Å²) in [4.78, 5) is 15.1. The van der Waals surface area contributed by atoms with Crippen LogP contribution in [0.4, 0.5) is 0 Å². The molecule has 0 unspecified atom stereocenters. The van der Waals surface area contributed by atoms with E-state index in [1.54, 1.807) is 0 Å². The van der Waals surface area contributed by atoms with Crippen LogP contribution in [0.15, 0.2) is 48.5 Å². The number of carbonyl (C=O) groups is 1. The number of likely N-dealkylation sites (tertiary alicyclic amines) is 1. The van der Waals surface area contributed by atoms with Gasteiger partial charge in [0.05, 0.1) is 5.41 Å². The number of amides is 1. The predicted molar refractivity (Wildman–Crippen MR) is 114 cm³/mol. The number of hydrogen-bond acceptors (Lipinski definition) is 3. The quantitative estimate of drug-likeness (QED) is 0.841. The Hall–Kier alpha value is -2.33. The number of phenolic OH excluding ortho intramolecular Hbond substituents is 1. The van der Waals surface area contributed by atoms with E-state index in [2.05, 4.69) is 24.8 Å². The van der Waals surface area contributed by atoms with Crippen LogP contribution in [0.3, 0.4) is 0 Å². The first-order valence-corrected chi connectivity index (χ1v) is 10.8. The molecule has 152 valence electrons. The number of fused-ring (bicyclic) bond motifs is 4. The van der Waals surface area contributed by atoms with Gasteiger partial charge in [-0.3, -0.25) is 9.69 Å². The highest BCUT2D eigenvalue weighted by molar-refractivity contribution is 5.90. The molecule has 2 fully saturated rings. The van der Waals surface area contributed by atoms with Crippen molar-refractivity contribution in [2.45, 2.75) is 50.0 Å². The van der Waals surface area contributed by atoms with Crippen molar-refractivity contribution in [3.05, 3.63) is 65.2 Å². The lowest BCUT2D eigenvalue weighted by molar-refractivity contribution is -0.121. The molecule has 4 heteroatoms. The highest BCUT2D eigenvalue weighted by Gasteiger charge is 2.61. The zero-order valence-corrected chi connectivity index (χ0v) is 17.3. The number of aromatic hydroxyl groups is 1. The van der Waals surface area contributed by atoms with Gasteiger partial charge in [-0.2, -0.15) is 0 Å². The number of carbonyl (C=O) groups excluding carboxylic acids is 1. The molecule has 1 saturated heterocycles. The molecule has 1 heterocycles. The average Bonchev–Trinajstić information content (AvgIpc) is 3.44. The van der Waals surface area contributed by atoms with Crippen LogP contribution in [0.1, 0.15) is 43.4 Å². The third kappa shape index (κ3) is 2.65. The summed E-state index contributed by atoms with van der Waals surface area (Å²) in [5, 5.41) is 10.0.